The fourth-order valence-corrected chi connectivity index (χ4v) is 3.57. The highest BCUT2D eigenvalue weighted by molar-refractivity contribution is 6.21. The number of hydrogen-bond acceptors (Lipinski definition) is 2. The zero-order valence-electron chi connectivity index (χ0n) is 13.7. The minimum atomic E-state index is -0.141. The van der Waals surface area contributed by atoms with Crippen molar-refractivity contribution in [2.75, 3.05) is 0 Å². The van der Waals surface area contributed by atoms with Crippen LogP contribution in [0.2, 0.25) is 0 Å². The third-order valence-corrected chi connectivity index (χ3v) is 4.83. The second kappa shape index (κ2) is 7.00. The first kappa shape index (κ1) is 15.8. The Bertz CT molecular complexity index is 633. The van der Waals surface area contributed by atoms with E-state index in [-0.39, 0.29) is 23.8 Å². The summed E-state index contributed by atoms with van der Waals surface area (Å²) in [5, 5.41) is 0. The van der Waals surface area contributed by atoms with Crippen LogP contribution in [0.15, 0.2) is 24.3 Å². The van der Waals surface area contributed by atoms with Gasteiger partial charge in [-0.25, -0.2) is 0 Å². The summed E-state index contributed by atoms with van der Waals surface area (Å²) in [6.07, 6.45) is 7.20. The van der Waals surface area contributed by atoms with E-state index < -0.39 is 0 Å². The van der Waals surface area contributed by atoms with Crippen molar-refractivity contribution < 1.29 is 9.59 Å². The highest BCUT2D eigenvalue weighted by atomic mass is 16.2. The second-order valence-corrected chi connectivity index (χ2v) is 6.41. The van der Waals surface area contributed by atoms with Gasteiger partial charge in [-0.2, -0.15) is 0 Å². The summed E-state index contributed by atoms with van der Waals surface area (Å²) in [5.74, 6) is 6.46. The quantitative estimate of drug-likeness (QED) is 0.480. The highest BCUT2D eigenvalue weighted by Crippen LogP contribution is 2.34. The Kier molecular flexibility index (Phi) is 4.81. The summed E-state index contributed by atoms with van der Waals surface area (Å²) >= 11 is 0. The van der Waals surface area contributed by atoms with E-state index in [0.29, 0.717) is 11.1 Å². The van der Waals surface area contributed by atoms with Crippen LogP contribution in [0.1, 0.15) is 72.6 Å². The molecule has 1 fully saturated rings. The lowest BCUT2D eigenvalue weighted by Crippen LogP contribution is -2.45. The Morgan fingerprint density at radius 3 is 2.39 bits per heavy atom. The number of carbonyl (C=O) groups is 2. The first-order valence-corrected chi connectivity index (χ1v) is 8.69. The van der Waals surface area contributed by atoms with Crippen LogP contribution in [0.3, 0.4) is 0 Å². The monoisotopic (exact) mass is 309 g/mol. The molecule has 3 rings (SSSR count). The van der Waals surface area contributed by atoms with E-state index in [1.54, 1.807) is 12.1 Å². The van der Waals surface area contributed by atoms with Crippen molar-refractivity contribution in [3.05, 3.63) is 35.4 Å². The van der Waals surface area contributed by atoms with E-state index in [4.69, 9.17) is 0 Å². The lowest BCUT2D eigenvalue weighted by Gasteiger charge is -2.34. The fraction of sp³-hybridized carbons (Fsp3) is 0.500. The topological polar surface area (TPSA) is 37.4 Å². The predicted octanol–water partition coefficient (Wildman–Crippen LogP) is 4.04. The molecule has 2 aliphatic rings. The molecule has 0 bridgehead atoms. The van der Waals surface area contributed by atoms with Gasteiger partial charge in [-0.05, 0) is 31.4 Å². The molecule has 120 valence electrons. The molecule has 0 spiro atoms. The maximum Gasteiger partial charge on any atom is 0.261 e. The first-order chi connectivity index (χ1) is 11.2. The molecule has 2 atom stereocenters. The SMILES string of the molecule is CCCCC#CC1CCCCC1N1C(=O)c2ccccc2C1=O. The summed E-state index contributed by atoms with van der Waals surface area (Å²) in [7, 11) is 0. The number of fused-ring (bicyclic) bond motifs is 1. The lowest BCUT2D eigenvalue weighted by molar-refractivity contribution is 0.0511. The van der Waals surface area contributed by atoms with Crippen LogP contribution < -0.4 is 0 Å². The third-order valence-electron chi connectivity index (χ3n) is 4.83. The number of amides is 2. The fourth-order valence-electron chi connectivity index (χ4n) is 3.57. The summed E-state index contributed by atoms with van der Waals surface area (Å²) < 4.78 is 0. The molecule has 0 saturated heterocycles. The average molecular weight is 309 g/mol. The molecule has 1 aliphatic carbocycles. The largest absolute Gasteiger partial charge is 0.270 e. The Morgan fingerprint density at radius 1 is 1.09 bits per heavy atom. The first-order valence-electron chi connectivity index (χ1n) is 8.69. The standard InChI is InChI=1S/C20H23NO2/c1-2-3-4-5-10-15-11-6-9-14-18(15)21-19(22)16-12-7-8-13-17(16)20(21)23/h7-8,12-13,15,18H,2-4,6,9,11,14H2,1H3. The molecule has 1 aromatic carbocycles. The van der Waals surface area contributed by atoms with Gasteiger partial charge in [-0.15, -0.1) is 5.92 Å². The minimum Gasteiger partial charge on any atom is -0.270 e. The van der Waals surface area contributed by atoms with Crippen LogP contribution in [-0.2, 0) is 0 Å². The van der Waals surface area contributed by atoms with Gasteiger partial charge in [-0.3, -0.25) is 14.5 Å². The maximum atomic E-state index is 12.7. The number of unbranched alkanes of at least 4 members (excludes halogenated alkanes) is 2. The Balaban J connectivity index is 1.82. The van der Waals surface area contributed by atoms with Gasteiger partial charge in [0.2, 0.25) is 0 Å². The maximum absolute atomic E-state index is 12.7. The van der Waals surface area contributed by atoms with Crippen molar-refractivity contribution in [1.29, 1.82) is 0 Å². The van der Waals surface area contributed by atoms with E-state index in [9.17, 15) is 9.59 Å². The van der Waals surface area contributed by atoms with Crippen molar-refractivity contribution in [3.63, 3.8) is 0 Å². The van der Waals surface area contributed by atoms with Crippen molar-refractivity contribution in [3.8, 4) is 11.8 Å². The molecule has 2 unspecified atom stereocenters. The van der Waals surface area contributed by atoms with Gasteiger partial charge in [0.05, 0.1) is 17.2 Å². The van der Waals surface area contributed by atoms with E-state index in [1.165, 1.54) is 4.90 Å². The van der Waals surface area contributed by atoms with E-state index in [2.05, 4.69) is 18.8 Å². The molecule has 1 saturated carbocycles. The molecule has 0 aromatic heterocycles. The number of benzene rings is 1. The summed E-state index contributed by atoms with van der Waals surface area (Å²) in [6, 6.07) is 7.07. The van der Waals surface area contributed by atoms with E-state index in [1.807, 2.05) is 12.1 Å². The molecule has 23 heavy (non-hydrogen) atoms. The van der Waals surface area contributed by atoms with Crippen LogP contribution >= 0.6 is 0 Å². The van der Waals surface area contributed by atoms with Gasteiger partial charge in [0.1, 0.15) is 0 Å². The summed E-state index contributed by atoms with van der Waals surface area (Å²) in [5.41, 5.74) is 1.08. The molecule has 1 heterocycles. The van der Waals surface area contributed by atoms with Crippen molar-refractivity contribution in [2.24, 2.45) is 5.92 Å². The molecule has 3 nitrogen and oxygen atoms in total. The number of imide groups is 1. The van der Waals surface area contributed by atoms with Crippen LogP contribution in [0.4, 0.5) is 0 Å². The van der Waals surface area contributed by atoms with Crippen LogP contribution in [0, 0.1) is 17.8 Å². The Morgan fingerprint density at radius 2 is 1.74 bits per heavy atom. The molecule has 2 amide bonds. The second-order valence-electron chi connectivity index (χ2n) is 6.41. The zero-order chi connectivity index (χ0) is 16.2. The number of hydrogen-bond donors (Lipinski definition) is 0. The molecule has 0 N–H and O–H groups in total. The zero-order valence-corrected chi connectivity index (χ0v) is 13.7. The summed E-state index contributed by atoms with van der Waals surface area (Å²) in [4.78, 5) is 26.9. The van der Waals surface area contributed by atoms with Gasteiger partial charge < -0.3 is 0 Å². The van der Waals surface area contributed by atoms with Gasteiger partial charge in [0.25, 0.3) is 11.8 Å². The molecule has 3 heteroatoms. The smallest absolute Gasteiger partial charge is 0.261 e. The van der Waals surface area contributed by atoms with Crippen LogP contribution in [0.5, 0.6) is 0 Å². The van der Waals surface area contributed by atoms with Gasteiger partial charge in [-0.1, -0.05) is 44.2 Å². The van der Waals surface area contributed by atoms with E-state index in [0.717, 1.165) is 44.9 Å². The van der Waals surface area contributed by atoms with E-state index >= 15 is 0 Å². The highest BCUT2D eigenvalue weighted by Gasteiger charge is 2.42. The predicted molar refractivity (Wildman–Crippen MR) is 90.0 cm³/mol. The number of nitrogens with zero attached hydrogens (tertiary/aromatic N) is 1. The lowest BCUT2D eigenvalue weighted by atomic mass is 9.83. The third kappa shape index (κ3) is 3.03. The normalized spacial score (nSPS) is 23.4. The molecular weight excluding hydrogens is 286 g/mol. The van der Waals surface area contributed by atoms with Crippen molar-refractivity contribution >= 4 is 11.8 Å². The average Bonchev–Trinajstić information content (AvgIpc) is 2.84. The molecular formula is C20H23NO2. The van der Waals surface area contributed by atoms with Gasteiger partial charge in [0, 0.05) is 12.3 Å². The summed E-state index contributed by atoms with van der Waals surface area (Å²) in [6.45, 7) is 2.16. The van der Waals surface area contributed by atoms with Gasteiger partial charge in [0.15, 0.2) is 0 Å². The Labute approximate surface area is 138 Å². The molecule has 0 radical (unpaired) electrons. The van der Waals surface area contributed by atoms with Crippen molar-refractivity contribution in [2.45, 2.75) is 57.9 Å². The van der Waals surface area contributed by atoms with Crippen LogP contribution in [0.25, 0.3) is 0 Å². The molecule has 1 aromatic rings. The number of rotatable bonds is 3. The minimum absolute atomic E-state index is 0.0646. The van der Waals surface area contributed by atoms with Crippen LogP contribution in [-0.4, -0.2) is 22.8 Å². The number of carbonyl (C=O) groups excluding carboxylic acids is 2. The Hall–Kier alpha value is -2.08. The van der Waals surface area contributed by atoms with Crippen molar-refractivity contribution in [1.82, 2.24) is 4.90 Å². The molecule has 1 aliphatic heterocycles. The van der Waals surface area contributed by atoms with Gasteiger partial charge >= 0.3 is 0 Å².